The first kappa shape index (κ1) is 8.91. The Labute approximate surface area is 77.7 Å². The monoisotopic (exact) mass is 182 g/mol. The number of hydrogen-bond donors (Lipinski definition) is 0. The standard InChI is InChI=1S/C10H14O3/c1-6-4-8(11)9-5-7(2)12-10(6,3)13-9/h4,7,9H,5H2,1-3H3/t7-,9+,10+/m0/s1. The summed E-state index contributed by atoms with van der Waals surface area (Å²) in [6, 6.07) is 0. The fourth-order valence-electron chi connectivity index (χ4n) is 1.88. The molecular formula is C10H14O3. The van der Waals surface area contributed by atoms with Crippen LogP contribution in [-0.2, 0) is 14.3 Å². The van der Waals surface area contributed by atoms with Gasteiger partial charge in [-0.1, -0.05) is 0 Å². The van der Waals surface area contributed by atoms with Crippen LogP contribution >= 0.6 is 0 Å². The van der Waals surface area contributed by atoms with Crippen LogP contribution in [0, 0.1) is 0 Å². The summed E-state index contributed by atoms with van der Waals surface area (Å²) in [6.07, 6.45) is 2.10. The van der Waals surface area contributed by atoms with Crippen molar-refractivity contribution >= 4 is 5.78 Å². The molecule has 2 rings (SSSR count). The van der Waals surface area contributed by atoms with E-state index < -0.39 is 5.79 Å². The average Bonchev–Trinajstić information content (AvgIpc) is 2.00. The van der Waals surface area contributed by atoms with Crippen LogP contribution in [-0.4, -0.2) is 23.8 Å². The number of ether oxygens (including phenoxy) is 2. The molecule has 0 aromatic heterocycles. The molecule has 3 heteroatoms. The molecular weight excluding hydrogens is 168 g/mol. The first-order chi connectivity index (χ1) is 6.01. The highest BCUT2D eigenvalue weighted by Gasteiger charge is 2.44. The Morgan fingerprint density at radius 3 is 2.92 bits per heavy atom. The van der Waals surface area contributed by atoms with Gasteiger partial charge >= 0.3 is 0 Å². The minimum atomic E-state index is -0.670. The Morgan fingerprint density at radius 1 is 1.54 bits per heavy atom. The molecule has 0 N–H and O–H groups in total. The van der Waals surface area contributed by atoms with Crippen LogP contribution in [0.2, 0.25) is 0 Å². The van der Waals surface area contributed by atoms with E-state index >= 15 is 0 Å². The Morgan fingerprint density at radius 2 is 2.23 bits per heavy atom. The van der Waals surface area contributed by atoms with E-state index in [1.807, 2.05) is 20.8 Å². The first-order valence-electron chi connectivity index (χ1n) is 4.59. The van der Waals surface area contributed by atoms with Crippen molar-refractivity contribution in [3.05, 3.63) is 11.6 Å². The van der Waals surface area contributed by atoms with Crippen LogP contribution in [0.3, 0.4) is 0 Å². The lowest BCUT2D eigenvalue weighted by molar-refractivity contribution is -0.282. The molecule has 0 radical (unpaired) electrons. The summed E-state index contributed by atoms with van der Waals surface area (Å²) in [7, 11) is 0. The molecule has 13 heavy (non-hydrogen) atoms. The lowest BCUT2D eigenvalue weighted by atomic mass is 9.95. The van der Waals surface area contributed by atoms with Gasteiger partial charge in [0.15, 0.2) is 11.6 Å². The minimum Gasteiger partial charge on any atom is -0.343 e. The van der Waals surface area contributed by atoms with E-state index in [0.717, 1.165) is 5.57 Å². The highest BCUT2D eigenvalue weighted by atomic mass is 16.7. The SMILES string of the molecule is CC1=CC(=O)[C@H]2C[C@H](C)O[C@]1(C)O2. The lowest BCUT2D eigenvalue weighted by Gasteiger charge is -2.44. The van der Waals surface area contributed by atoms with E-state index in [1.54, 1.807) is 6.08 Å². The summed E-state index contributed by atoms with van der Waals surface area (Å²) < 4.78 is 11.2. The van der Waals surface area contributed by atoms with Crippen LogP contribution in [0.4, 0.5) is 0 Å². The quantitative estimate of drug-likeness (QED) is 0.568. The molecule has 2 bridgehead atoms. The second-order valence-electron chi connectivity index (χ2n) is 3.95. The van der Waals surface area contributed by atoms with Gasteiger partial charge in [0.05, 0.1) is 6.10 Å². The molecule has 0 unspecified atom stereocenters. The van der Waals surface area contributed by atoms with Crippen molar-refractivity contribution in [2.24, 2.45) is 0 Å². The first-order valence-corrected chi connectivity index (χ1v) is 4.59. The summed E-state index contributed by atoms with van der Waals surface area (Å²) in [5.74, 6) is -0.596. The van der Waals surface area contributed by atoms with Gasteiger partial charge in [0.25, 0.3) is 0 Å². The maximum absolute atomic E-state index is 11.4. The molecule has 0 spiro atoms. The van der Waals surface area contributed by atoms with Gasteiger partial charge in [0.1, 0.15) is 6.10 Å². The molecule has 1 saturated heterocycles. The fourth-order valence-corrected chi connectivity index (χ4v) is 1.88. The van der Waals surface area contributed by atoms with E-state index in [0.29, 0.717) is 6.42 Å². The lowest BCUT2D eigenvalue weighted by Crippen LogP contribution is -2.51. The number of rotatable bonds is 0. The molecule has 2 aliphatic heterocycles. The van der Waals surface area contributed by atoms with Gasteiger partial charge in [-0.3, -0.25) is 4.79 Å². The van der Waals surface area contributed by atoms with Crippen LogP contribution in [0.15, 0.2) is 11.6 Å². The fraction of sp³-hybridized carbons (Fsp3) is 0.700. The van der Waals surface area contributed by atoms with Crippen LogP contribution < -0.4 is 0 Å². The van der Waals surface area contributed by atoms with Gasteiger partial charge in [-0.2, -0.15) is 0 Å². The average molecular weight is 182 g/mol. The maximum atomic E-state index is 11.4. The third kappa shape index (κ3) is 1.32. The molecule has 0 aromatic rings. The van der Waals surface area contributed by atoms with E-state index in [4.69, 9.17) is 9.47 Å². The summed E-state index contributed by atoms with van der Waals surface area (Å²) >= 11 is 0. The molecule has 2 aliphatic rings. The zero-order chi connectivity index (χ0) is 9.64. The van der Waals surface area contributed by atoms with Gasteiger partial charge < -0.3 is 9.47 Å². The van der Waals surface area contributed by atoms with Crippen molar-refractivity contribution in [3.63, 3.8) is 0 Å². The highest BCUT2D eigenvalue weighted by Crippen LogP contribution is 2.36. The molecule has 0 aromatic carbocycles. The van der Waals surface area contributed by atoms with Crippen molar-refractivity contribution in [2.45, 2.75) is 45.2 Å². The third-order valence-corrected chi connectivity index (χ3v) is 2.73. The summed E-state index contributed by atoms with van der Waals surface area (Å²) in [6.45, 7) is 5.71. The molecule has 72 valence electrons. The van der Waals surface area contributed by atoms with Crippen LogP contribution in [0.25, 0.3) is 0 Å². The van der Waals surface area contributed by atoms with Gasteiger partial charge in [-0.15, -0.1) is 0 Å². The Bertz CT molecular complexity index is 282. The molecule has 3 atom stereocenters. The molecule has 1 fully saturated rings. The Kier molecular flexibility index (Phi) is 1.82. The van der Waals surface area contributed by atoms with Gasteiger partial charge in [0, 0.05) is 6.42 Å². The molecule has 3 nitrogen and oxygen atoms in total. The van der Waals surface area contributed by atoms with Crippen molar-refractivity contribution < 1.29 is 14.3 Å². The smallest absolute Gasteiger partial charge is 0.189 e. The predicted octanol–water partition coefficient (Wildman–Crippen LogP) is 1.43. The second kappa shape index (κ2) is 2.66. The Balaban J connectivity index is 2.37. The predicted molar refractivity (Wildman–Crippen MR) is 47.2 cm³/mol. The summed E-state index contributed by atoms with van der Waals surface area (Å²) in [4.78, 5) is 11.4. The normalized spacial score (nSPS) is 44.5. The molecule has 0 saturated carbocycles. The minimum absolute atomic E-state index is 0.0742. The van der Waals surface area contributed by atoms with Crippen molar-refractivity contribution in [2.75, 3.05) is 0 Å². The van der Waals surface area contributed by atoms with Crippen molar-refractivity contribution in [1.82, 2.24) is 0 Å². The van der Waals surface area contributed by atoms with Crippen molar-refractivity contribution in [1.29, 1.82) is 0 Å². The van der Waals surface area contributed by atoms with E-state index in [9.17, 15) is 4.79 Å². The van der Waals surface area contributed by atoms with Crippen LogP contribution in [0.1, 0.15) is 27.2 Å². The zero-order valence-electron chi connectivity index (χ0n) is 8.16. The number of fused-ring (bicyclic) bond motifs is 2. The summed E-state index contributed by atoms with van der Waals surface area (Å²) in [5.41, 5.74) is 0.861. The maximum Gasteiger partial charge on any atom is 0.189 e. The topological polar surface area (TPSA) is 35.5 Å². The van der Waals surface area contributed by atoms with Crippen molar-refractivity contribution in [3.8, 4) is 0 Å². The number of carbonyl (C=O) groups excluding carboxylic acids is 1. The summed E-state index contributed by atoms with van der Waals surface area (Å²) in [5, 5.41) is 0. The highest BCUT2D eigenvalue weighted by molar-refractivity contribution is 5.95. The molecule has 2 heterocycles. The second-order valence-corrected chi connectivity index (χ2v) is 3.95. The van der Waals surface area contributed by atoms with Gasteiger partial charge in [0.2, 0.25) is 0 Å². The van der Waals surface area contributed by atoms with E-state index in [-0.39, 0.29) is 18.0 Å². The molecule has 0 aliphatic carbocycles. The van der Waals surface area contributed by atoms with E-state index in [2.05, 4.69) is 0 Å². The van der Waals surface area contributed by atoms with E-state index in [1.165, 1.54) is 0 Å². The van der Waals surface area contributed by atoms with Gasteiger partial charge in [-0.25, -0.2) is 0 Å². The largest absolute Gasteiger partial charge is 0.343 e. The third-order valence-electron chi connectivity index (χ3n) is 2.73. The number of ketones is 1. The number of hydrogen-bond acceptors (Lipinski definition) is 3. The molecule has 0 amide bonds. The zero-order valence-corrected chi connectivity index (χ0v) is 8.16. The van der Waals surface area contributed by atoms with Gasteiger partial charge in [-0.05, 0) is 32.4 Å². The van der Waals surface area contributed by atoms with Crippen LogP contribution in [0.5, 0.6) is 0 Å². The number of carbonyl (C=O) groups is 1. The Hall–Kier alpha value is -0.670.